The third-order valence-electron chi connectivity index (χ3n) is 8.31. The van der Waals surface area contributed by atoms with Crippen molar-refractivity contribution in [2.75, 3.05) is 12.0 Å². The van der Waals surface area contributed by atoms with E-state index in [-0.39, 0.29) is 5.71 Å². The van der Waals surface area contributed by atoms with Crippen LogP contribution in [-0.4, -0.2) is 36.1 Å². The van der Waals surface area contributed by atoms with Gasteiger partial charge >= 0.3 is 5.97 Å². The Kier molecular flexibility index (Phi) is 4.04. The standard InChI is InChI=1S/C28H20ClN3O4/c1-14-11-12-15(13-20(14)29)32-25(34)27-21-16-7-3-5-9-18(16)22(19-10-6-4-8-17(19)21)28(27,26(32)35)31-30-23(27)24(33)36-2/h3-13,21-22,31H,1-2H3. The first-order valence-electron chi connectivity index (χ1n) is 11.7. The van der Waals surface area contributed by atoms with E-state index in [0.717, 1.165) is 27.8 Å². The number of anilines is 1. The van der Waals surface area contributed by atoms with Crippen LogP contribution in [0.3, 0.4) is 0 Å². The Labute approximate surface area is 211 Å². The highest BCUT2D eigenvalue weighted by Gasteiger charge is 2.85. The molecule has 1 fully saturated rings. The number of carbonyl (C=O) groups excluding carboxylic acids is 3. The van der Waals surface area contributed by atoms with E-state index in [1.807, 2.05) is 55.5 Å². The summed E-state index contributed by atoms with van der Waals surface area (Å²) in [6, 6.07) is 20.7. The topological polar surface area (TPSA) is 88.1 Å². The maximum absolute atomic E-state index is 14.7. The lowest BCUT2D eigenvalue weighted by Gasteiger charge is -2.55. The summed E-state index contributed by atoms with van der Waals surface area (Å²) in [6.45, 7) is 1.85. The van der Waals surface area contributed by atoms with Crippen LogP contribution in [0.15, 0.2) is 71.8 Å². The molecule has 1 saturated heterocycles. The highest BCUT2D eigenvalue weighted by molar-refractivity contribution is 6.51. The van der Waals surface area contributed by atoms with Crippen molar-refractivity contribution in [2.24, 2.45) is 10.5 Å². The van der Waals surface area contributed by atoms with Gasteiger partial charge in [-0.1, -0.05) is 66.2 Å². The second-order valence-electron chi connectivity index (χ2n) is 9.68. The van der Waals surface area contributed by atoms with Crippen LogP contribution in [0.1, 0.15) is 39.7 Å². The lowest BCUT2D eigenvalue weighted by atomic mass is 9.43. The molecule has 3 aliphatic carbocycles. The first-order chi connectivity index (χ1) is 17.4. The number of nitrogens with one attached hydrogen (secondary N) is 1. The van der Waals surface area contributed by atoms with Crippen molar-refractivity contribution < 1.29 is 19.1 Å². The quantitative estimate of drug-likeness (QED) is 0.431. The number of aryl methyl sites for hydroxylation is 1. The number of hydrazone groups is 1. The number of ether oxygens (including phenoxy) is 1. The molecule has 36 heavy (non-hydrogen) atoms. The number of esters is 1. The molecule has 7 nitrogen and oxygen atoms in total. The second-order valence-corrected chi connectivity index (χ2v) is 10.1. The zero-order valence-electron chi connectivity index (χ0n) is 19.4. The number of nitrogens with zero attached hydrogens (tertiary/aromatic N) is 2. The third-order valence-corrected chi connectivity index (χ3v) is 8.72. The van der Waals surface area contributed by atoms with Gasteiger partial charge in [0, 0.05) is 16.9 Å². The van der Waals surface area contributed by atoms with E-state index >= 15 is 0 Å². The van der Waals surface area contributed by atoms with Crippen molar-refractivity contribution in [1.29, 1.82) is 0 Å². The van der Waals surface area contributed by atoms with Gasteiger partial charge in [0.05, 0.1) is 12.8 Å². The van der Waals surface area contributed by atoms with E-state index < -0.39 is 40.6 Å². The van der Waals surface area contributed by atoms with Crippen LogP contribution in [0, 0.1) is 12.3 Å². The van der Waals surface area contributed by atoms with Gasteiger partial charge in [0.1, 0.15) is 5.41 Å². The number of hydrogen-bond acceptors (Lipinski definition) is 6. The van der Waals surface area contributed by atoms with Gasteiger partial charge in [-0.25, -0.2) is 9.69 Å². The molecular formula is C28H20ClN3O4. The number of hydrogen-bond donors (Lipinski definition) is 1. The normalized spacial score (nSPS) is 28.6. The van der Waals surface area contributed by atoms with Crippen molar-refractivity contribution in [3.63, 3.8) is 0 Å². The summed E-state index contributed by atoms with van der Waals surface area (Å²) in [7, 11) is 1.25. The number of methoxy groups -OCH3 is 1. The monoisotopic (exact) mass is 497 g/mol. The summed E-state index contributed by atoms with van der Waals surface area (Å²) in [5.74, 6) is -2.89. The summed E-state index contributed by atoms with van der Waals surface area (Å²) < 4.78 is 5.11. The zero-order chi connectivity index (χ0) is 25.0. The fourth-order valence-corrected chi connectivity index (χ4v) is 7.12. The van der Waals surface area contributed by atoms with Crippen LogP contribution in [0.25, 0.3) is 0 Å². The van der Waals surface area contributed by atoms with E-state index in [0.29, 0.717) is 10.7 Å². The minimum atomic E-state index is -1.62. The van der Waals surface area contributed by atoms with E-state index in [1.165, 1.54) is 12.0 Å². The van der Waals surface area contributed by atoms with Crippen molar-refractivity contribution in [2.45, 2.75) is 24.3 Å². The van der Waals surface area contributed by atoms with E-state index in [1.54, 1.807) is 18.2 Å². The van der Waals surface area contributed by atoms with Crippen LogP contribution < -0.4 is 10.3 Å². The van der Waals surface area contributed by atoms with Gasteiger partial charge in [-0.3, -0.25) is 15.0 Å². The van der Waals surface area contributed by atoms with Crippen LogP contribution >= 0.6 is 11.6 Å². The second kappa shape index (κ2) is 6.83. The molecule has 8 heteroatoms. The number of halogens is 1. The van der Waals surface area contributed by atoms with Gasteiger partial charge in [-0.15, -0.1) is 0 Å². The summed E-state index contributed by atoms with van der Waals surface area (Å²) >= 11 is 6.41. The molecule has 5 aliphatic rings. The van der Waals surface area contributed by atoms with Gasteiger partial charge in [0.2, 0.25) is 0 Å². The van der Waals surface area contributed by atoms with Crippen molar-refractivity contribution in [1.82, 2.24) is 5.43 Å². The Hall–Kier alpha value is -3.97. The predicted octanol–water partition coefficient (Wildman–Crippen LogP) is 3.67. The van der Waals surface area contributed by atoms with Crippen LogP contribution in [0.4, 0.5) is 5.69 Å². The minimum Gasteiger partial charge on any atom is -0.464 e. The van der Waals surface area contributed by atoms with Crippen molar-refractivity contribution >= 4 is 40.8 Å². The molecule has 2 amide bonds. The predicted molar refractivity (Wildman–Crippen MR) is 133 cm³/mol. The molecule has 3 aromatic rings. The molecule has 8 rings (SSSR count). The van der Waals surface area contributed by atoms with Gasteiger partial charge in [-0.05, 0) is 46.9 Å². The Morgan fingerprint density at radius 2 is 1.53 bits per heavy atom. The molecule has 2 unspecified atom stereocenters. The Bertz CT molecular complexity index is 1530. The molecular weight excluding hydrogens is 478 g/mol. The first kappa shape index (κ1) is 21.3. The Morgan fingerprint density at radius 1 is 0.944 bits per heavy atom. The molecule has 2 atom stereocenters. The average molecular weight is 498 g/mol. The highest BCUT2D eigenvalue weighted by atomic mass is 35.5. The molecule has 0 aromatic heterocycles. The number of benzene rings is 3. The molecule has 0 saturated carbocycles. The lowest BCUT2D eigenvalue weighted by molar-refractivity contribution is -0.135. The van der Waals surface area contributed by atoms with E-state index in [9.17, 15) is 14.4 Å². The summed E-state index contributed by atoms with van der Waals surface area (Å²) in [6.07, 6.45) is 0. The van der Waals surface area contributed by atoms with Gasteiger partial charge in [0.25, 0.3) is 11.8 Å². The van der Waals surface area contributed by atoms with Gasteiger partial charge in [-0.2, -0.15) is 5.10 Å². The lowest BCUT2D eigenvalue weighted by Crippen LogP contribution is -2.69. The third kappa shape index (κ3) is 2.09. The van der Waals surface area contributed by atoms with Crippen LogP contribution in [-0.2, 0) is 19.1 Å². The Morgan fingerprint density at radius 3 is 2.08 bits per heavy atom. The fourth-order valence-electron chi connectivity index (χ4n) is 6.94. The maximum Gasteiger partial charge on any atom is 0.355 e. The zero-order valence-corrected chi connectivity index (χ0v) is 20.2. The number of rotatable bonds is 2. The molecule has 178 valence electrons. The average Bonchev–Trinajstić information content (AvgIpc) is 3.37. The number of imide groups is 1. The molecule has 1 N–H and O–H groups in total. The Balaban J connectivity index is 1.60. The number of amides is 2. The molecule has 2 heterocycles. The van der Waals surface area contributed by atoms with Gasteiger partial charge in [0.15, 0.2) is 11.3 Å². The van der Waals surface area contributed by atoms with Gasteiger partial charge < -0.3 is 4.74 Å². The SMILES string of the molecule is COC(=O)C1=NNC23C(=O)N(c4ccc(C)c(Cl)c4)C(=O)C12C1c2ccccc2C3c2ccccc21. The molecule has 2 bridgehead atoms. The summed E-state index contributed by atoms with van der Waals surface area (Å²) in [4.78, 5) is 43.7. The molecule has 0 radical (unpaired) electrons. The number of carbonyl (C=O) groups is 3. The minimum absolute atomic E-state index is 0.0805. The highest BCUT2D eigenvalue weighted by Crippen LogP contribution is 2.71. The molecule has 3 aromatic carbocycles. The van der Waals surface area contributed by atoms with Crippen molar-refractivity contribution in [3.8, 4) is 0 Å². The summed E-state index contributed by atoms with van der Waals surface area (Å²) in [5, 5.41) is 4.82. The molecule has 2 aliphatic heterocycles. The summed E-state index contributed by atoms with van der Waals surface area (Å²) in [5.41, 5.74) is 4.69. The smallest absolute Gasteiger partial charge is 0.355 e. The van der Waals surface area contributed by atoms with Crippen LogP contribution in [0.5, 0.6) is 0 Å². The van der Waals surface area contributed by atoms with Crippen LogP contribution in [0.2, 0.25) is 5.02 Å². The fraction of sp³-hybridized carbons (Fsp3) is 0.214. The molecule has 0 spiro atoms. The van der Waals surface area contributed by atoms with Crippen molar-refractivity contribution in [3.05, 3.63) is 99.6 Å². The first-order valence-corrected chi connectivity index (χ1v) is 12.0. The van der Waals surface area contributed by atoms with E-state index in [2.05, 4.69) is 10.5 Å². The van der Waals surface area contributed by atoms with E-state index in [4.69, 9.17) is 16.3 Å². The maximum atomic E-state index is 14.7. The largest absolute Gasteiger partial charge is 0.464 e.